The summed E-state index contributed by atoms with van der Waals surface area (Å²) in [5.41, 5.74) is 0. The van der Waals surface area contributed by atoms with Gasteiger partial charge in [-0.15, -0.1) is 11.8 Å². The van der Waals surface area contributed by atoms with E-state index >= 15 is 0 Å². The summed E-state index contributed by atoms with van der Waals surface area (Å²) >= 11 is 1.69. The SMILES string of the molecule is O=C(O)CCCNC(=O)C1CCCS1. The quantitative estimate of drug-likeness (QED) is 0.670. The van der Waals surface area contributed by atoms with Crippen LogP contribution in [0.2, 0.25) is 0 Å². The molecule has 1 atom stereocenters. The topological polar surface area (TPSA) is 66.4 Å². The van der Waals surface area contributed by atoms with Crippen LogP contribution in [0.3, 0.4) is 0 Å². The third kappa shape index (κ3) is 4.00. The van der Waals surface area contributed by atoms with Crippen molar-refractivity contribution in [3.63, 3.8) is 0 Å². The lowest BCUT2D eigenvalue weighted by Gasteiger charge is -2.08. The maximum absolute atomic E-state index is 11.4. The van der Waals surface area contributed by atoms with Gasteiger partial charge in [0.25, 0.3) is 0 Å². The summed E-state index contributed by atoms with van der Waals surface area (Å²) in [5.74, 6) is 0.320. The lowest BCUT2D eigenvalue weighted by atomic mass is 10.2. The minimum atomic E-state index is -0.811. The smallest absolute Gasteiger partial charge is 0.303 e. The van der Waals surface area contributed by atoms with E-state index in [1.54, 1.807) is 11.8 Å². The van der Waals surface area contributed by atoms with Gasteiger partial charge >= 0.3 is 5.97 Å². The lowest BCUT2D eigenvalue weighted by molar-refractivity contribution is -0.137. The summed E-state index contributed by atoms with van der Waals surface area (Å²) in [6, 6.07) is 0. The van der Waals surface area contributed by atoms with E-state index in [1.807, 2.05) is 0 Å². The van der Waals surface area contributed by atoms with E-state index in [0.717, 1.165) is 18.6 Å². The van der Waals surface area contributed by atoms with Crippen molar-refractivity contribution in [2.24, 2.45) is 0 Å². The zero-order chi connectivity index (χ0) is 10.4. The van der Waals surface area contributed by atoms with Crippen LogP contribution in [0.25, 0.3) is 0 Å². The molecule has 1 rings (SSSR count). The first-order valence-corrected chi connectivity index (χ1v) is 5.86. The number of thioether (sulfide) groups is 1. The maximum atomic E-state index is 11.4. The van der Waals surface area contributed by atoms with Crippen LogP contribution in [0, 0.1) is 0 Å². The van der Waals surface area contributed by atoms with Crippen molar-refractivity contribution in [3.8, 4) is 0 Å². The molecule has 1 aliphatic rings. The van der Waals surface area contributed by atoms with Gasteiger partial charge in [0.15, 0.2) is 0 Å². The standard InChI is InChI=1S/C9H15NO3S/c11-8(12)4-1-5-10-9(13)7-3-2-6-14-7/h7H,1-6H2,(H,10,13)(H,11,12). The highest BCUT2D eigenvalue weighted by atomic mass is 32.2. The number of carboxylic acids is 1. The molecule has 0 aromatic carbocycles. The van der Waals surface area contributed by atoms with Crippen molar-refractivity contribution >= 4 is 23.6 Å². The molecule has 80 valence electrons. The summed E-state index contributed by atoms with van der Waals surface area (Å²) in [6.45, 7) is 0.474. The number of hydrogen-bond acceptors (Lipinski definition) is 3. The fourth-order valence-corrected chi connectivity index (χ4v) is 2.54. The molecule has 0 aliphatic carbocycles. The molecule has 0 aromatic rings. The van der Waals surface area contributed by atoms with Crippen molar-refractivity contribution in [1.29, 1.82) is 0 Å². The highest BCUT2D eigenvalue weighted by Crippen LogP contribution is 2.25. The Morgan fingerprint density at radius 2 is 2.29 bits per heavy atom. The van der Waals surface area contributed by atoms with Gasteiger partial charge in [0.05, 0.1) is 5.25 Å². The Morgan fingerprint density at radius 3 is 2.86 bits per heavy atom. The first-order chi connectivity index (χ1) is 6.70. The van der Waals surface area contributed by atoms with Gasteiger partial charge in [-0.05, 0) is 25.0 Å². The van der Waals surface area contributed by atoms with Gasteiger partial charge in [0.2, 0.25) is 5.91 Å². The molecule has 1 aliphatic heterocycles. The molecule has 1 amide bonds. The zero-order valence-corrected chi connectivity index (χ0v) is 8.81. The van der Waals surface area contributed by atoms with Crippen molar-refractivity contribution in [2.45, 2.75) is 30.9 Å². The normalized spacial score (nSPS) is 20.7. The highest BCUT2D eigenvalue weighted by molar-refractivity contribution is 8.00. The van der Waals surface area contributed by atoms with Crippen LogP contribution in [-0.4, -0.2) is 34.5 Å². The number of carboxylic acid groups (broad SMARTS) is 1. The minimum absolute atomic E-state index is 0.0675. The molecule has 1 fully saturated rings. The Balaban J connectivity index is 2.05. The largest absolute Gasteiger partial charge is 0.481 e. The molecule has 5 heteroatoms. The average molecular weight is 217 g/mol. The molecule has 2 N–H and O–H groups in total. The van der Waals surface area contributed by atoms with E-state index in [2.05, 4.69) is 5.32 Å². The Labute approximate surface area is 87.4 Å². The summed E-state index contributed by atoms with van der Waals surface area (Å²) in [4.78, 5) is 21.6. The molecule has 0 radical (unpaired) electrons. The summed E-state index contributed by atoms with van der Waals surface area (Å²) < 4.78 is 0. The molecule has 1 heterocycles. The van der Waals surface area contributed by atoms with E-state index in [9.17, 15) is 9.59 Å². The van der Waals surface area contributed by atoms with Gasteiger partial charge in [0.1, 0.15) is 0 Å². The van der Waals surface area contributed by atoms with Crippen molar-refractivity contribution in [2.75, 3.05) is 12.3 Å². The van der Waals surface area contributed by atoms with Crippen LogP contribution < -0.4 is 5.32 Å². The first kappa shape index (κ1) is 11.4. The van der Waals surface area contributed by atoms with Gasteiger partial charge in [-0.25, -0.2) is 0 Å². The van der Waals surface area contributed by atoms with Crippen LogP contribution in [0.15, 0.2) is 0 Å². The van der Waals surface area contributed by atoms with Gasteiger partial charge in [-0.1, -0.05) is 0 Å². The number of carbonyl (C=O) groups is 2. The lowest BCUT2D eigenvalue weighted by Crippen LogP contribution is -2.32. The Bertz CT molecular complexity index is 214. The van der Waals surface area contributed by atoms with E-state index in [-0.39, 0.29) is 17.6 Å². The molecule has 1 saturated heterocycles. The van der Waals surface area contributed by atoms with Crippen molar-refractivity contribution in [1.82, 2.24) is 5.32 Å². The molecule has 0 spiro atoms. The van der Waals surface area contributed by atoms with Crippen molar-refractivity contribution < 1.29 is 14.7 Å². The van der Waals surface area contributed by atoms with Gasteiger partial charge in [-0.3, -0.25) is 9.59 Å². The maximum Gasteiger partial charge on any atom is 0.303 e. The van der Waals surface area contributed by atoms with E-state index in [0.29, 0.717) is 13.0 Å². The molecule has 1 unspecified atom stereocenters. The Kier molecular flexibility index (Phi) is 4.79. The van der Waals surface area contributed by atoms with Crippen LogP contribution in [0.4, 0.5) is 0 Å². The van der Waals surface area contributed by atoms with Crippen LogP contribution >= 0.6 is 11.8 Å². The second-order valence-electron chi connectivity index (χ2n) is 3.29. The molecular weight excluding hydrogens is 202 g/mol. The minimum Gasteiger partial charge on any atom is -0.481 e. The fourth-order valence-electron chi connectivity index (χ4n) is 1.35. The Morgan fingerprint density at radius 1 is 1.50 bits per heavy atom. The monoisotopic (exact) mass is 217 g/mol. The first-order valence-electron chi connectivity index (χ1n) is 4.81. The number of rotatable bonds is 5. The fraction of sp³-hybridized carbons (Fsp3) is 0.778. The molecule has 4 nitrogen and oxygen atoms in total. The predicted octanol–water partition coefficient (Wildman–Crippen LogP) is 0.863. The third-order valence-corrected chi connectivity index (χ3v) is 3.47. The molecule has 14 heavy (non-hydrogen) atoms. The second-order valence-corrected chi connectivity index (χ2v) is 4.60. The third-order valence-electron chi connectivity index (χ3n) is 2.09. The summed E-state index contributed by atoms with van der Waals surface area (Å²) in [5, 5.41) is 11.2. The zero-order valence-electron chi connectivity index (χ0n) is 7.99. The van der Waals surface area contributed by atoms with Gasteiger partial charge in [-0.2, -0.15) is 0 Å². The van der Waals surface area contributed by atoms with Crippen molar-refractivity contribution in [3.05, 3.63) is 0 Å². The number of hydrogen-bond donors (Lipinski definition) is 2. The van der Waals surface area contributed by atoms with Crippen LogP contribution in [-0.2, 0) is 9.59 Å². The summed E-state index contributed by atoms with van der Waals surface area (Å²) in [6.07, 6.45) is 2.70. The average Bonchev–Trinajstić information content (AvgIpc) is 2.64. The van der Waals surface area contributed by atoms with Crippen LogP contribution in [0.5, 0.6) is 0 Å². The molecular formula is C9H15NO3S. The summed E-state index contributed by atoms with van der Waals surface area (Å²) in [7, 11) is 0. The number of nitrogens with one attached hydrogen (secondary N) is 1. The molecule has 0 bridgehead atoms. The predicted molar refractivity (Wildman–Crippen MR) is 55.4 cm³/mol. The molecule has 0 saturated carbocycles. The van der Waals surface area contributed by atoms with E-state index in [1.165, 1.54) is 0 Å². The van der Waals surface area contributed by atoms with Gasteiger partial charge < -0.3 is 10.4 Å². The number of carbonyl (C=O) groups excluding carboxylic acids is 1. The van der Waals surface area contributed by atoms with E-state index < -0.39 is 5.97 Å². The Hall–Kier alpha value is -0.710. The second kappa shape index (κ2) is 5.90. The van der Waals surface area contributed by atoms with Crippen LogP contribution in [0.1, 0.15) is 25.7 Å². The number of aliphatic carboxylic acids is 1. The highest BCUT2D eigenvalue weighted by Gasteiger charge is 2.22. The van der Waals surface area contributed by atoms with Gasteiger partial charge in [0, 0.05) is 13.0 Å². The molecule has 0 aromatic heterocycles. The number of amides is 1. The van der Waals surface area contributed by atoms with E-state index in [4.69, 9.17) is 5.11 Å².